The molecule has 0 saturated carbocycles. The summed E-state index contributed by atoms with van der Waals surface area (Å²) >= 11 is 3.10. The number of rotatable bonds is 3. The highest BCUT2D eigenvalue weighted by molar-refractivity contribution is 9.10. The molecule has 0 N–H and O–H groups in total. The molecule has 0 aliphatic heterocycles. The first-order valence-corrected chi connectivity index (χ1v) is 4.26. The molecule has 1 aromatic carbocycles. The second kappa shape index (κ2) is 4.29. The van der Waals surface area contributed by atoms with Crippen molar-refractivity contribution in [2.24, 2.45) is 0 Å². The minimum Gasteiger partial charge on any atom is -0.294 e. The standard InChI is InChI=1S/C9H8BrO/c10-7-6-9(11)8-4-2-1-3-5-8/h1-5,7H,6H2. The molecule has 0 atom stereocenters. The van der Waals surface area contributed by atoms with E-state index < -0.39 is 0 Å². The molecular formula is C9H8BrO. The van der Waals surface area contributed by atoms with Crippen molar-refractivity contribution in [3.63, 3.8) is 0 Å². The van der Waals surface area contributed by atoms with Gasteiger partial charge < -0.3 is 0 Å². The number of benzene rings is 1. The molecule has 11 heavy (non-hydrogen) atoms. The van der Waals surface area contributed by atoms with Crippen LogP contribution in [-0.2, 0) is 0 Å². The van der Waals surface area contributed by atoms with E-state index in [1.54, 1.807) is 5.33 Å². The molecule has 0 aliphatic carbocycles. The zero-order chi connectivity index (χ0) is 8.10. The lowest BCUT2D eigenvalue weighted by Crippen LogP contribution is -1.96. The van der Waals surface area contributed by atoms with Gasteiger partial charge in [-0.3, -0.25) is 4.79 Å². The summed E-state index contributed by atoms with van der Waals surface area (Å²) in [6.07, 6.45) is 0.448. The van der Waals surface area contributed by atoms with Gasteiger partial charge in [0.1, 0.15) is 0 Å². The van der Waals surface area contributed by atoms with Crippen LogP contribution in [0.4, 0.5) is 0 Å². The first-order valence-electron chi connectivity index (χ1n) is 3.34. The van der Waals surface area contributed by atoms with E-state index in [2.05, 4.69) is 15.9 Å². The van der Waals surface area contributed by atoms with E-state index in [9.17, 15) is 4.79 Å². The largest absolute Gasteiger partial charge is 0.294 e. The van der Waals surface area contributed by atoms with Crippen molar-refractivity contribution in [3.05, 3.63) is 41.2 Å². The van der Waals surface area contributed by atoms with Gasteiger partial charge in [-0.05, 0) is 0 Å². The minimum atomic E-state index is 0.141. The molecule has 0 fully saturated rings. The van der Waals surface area contributed by atoms with Crippen LogP contribution in [0.15, 0.2) is 30.3 Å². The number of carbonyl (C=O) groups excluding carboxylic acids is 1. The fourth-order valence-corrected chi connectivity index (χ4v) is 1.11. The molecule has 2 heteroatoms. The summed E-state index contributed by atoms with van der Waals surface area (Å²) in [5, 5.41) is 1.68. The fraction of sp³-hybridized carbons (Fsp3) is 0.111. The van der Waals surface area contributed by atoms with Crippen LogP contribution in [0, 0.1) is 5.33 Å². The van der Waals surface area contributed by atoms with Crippen molar-refractivity contribution in [1.29, 1.82) is 0 Å². The van der Waals surface area contributed by atoms with Crippen molar-refractivity contribution in [3.8, 4) is 0 Å². The van der Waals surface area contributed by atoms with Gasteiger partial charge in [0.2, 0.25) is 0 Å². The summed E-state index contributed by atoms with van der Waals surface area (Å²) in [5.74, 6) is 0.141. The van der Waals surface area contributed by atoms with Gasteiger partial charge in [0.25, 0.3) is 0 Å². The molecule has 1 nitrogen and oxygen atoms in total. The lowest BCUT2D eigenvalue weighted by atomic mass is 10.1. The van der Waals surface area contributed by atoms with Crippen LogP contribution >= 0.6 is 15.9 Å². The number of hydrogen-bond acceptors (Lipinski definition) is 1. The van der Waals surface area contributed by atoms with Gasteiger partial charge in [-0.1, -0.05) is 46.3 Å². The van der Waals surface area contributed by atoms with E-state index in [-0.39, 0.29) is 5.78 Å². The fourth-order valence-electron chi connectivity index (χ4n) is 0.812. The second-order valence-corrected chi connectivity index (χ2v) is 2.80. The van der Waals surface area contributed by atoms with E-state index >= 15 is 0 Å². The van der Waals surface area contributed by atoms with Crippen molar-refractivity contribution in [2.75, 3.05) is 0 Å². The highest BCUT2D eigenvalue weighted by Crippen LogP contribution is 2.06. The number of Topliss-reactive ketones (excluding diaryl/α,β-unsaturated/α-hetero) is 1. The molecule has 1 radical (unpaired) electrons. The topological polar surface area (TPSA) is 17.1 Å². The van der Waals surface area contributed by atoms with E-state index in [1.807, 2.05) is 30.3 Å². The third kappa shape index (κ3) is 2.46. The Labute approximate surface area is 74.6 Å². The first-order chi connectivity index (χ1) is 5.34. The third-order valence-electron chi connectivity index (χ3n) is 1.36. The van der Waals surface area contributed by atoms with Crippen molar-refractivity contribution in [1.82, 2.24) is 0 Å². The highest BCUT2D eigenvalue weighted by Gasteiger charge is 2.01. The molecule has 57 valence electrons. The van der Waals surface area contributed by atoms with E-state index in [0.29, 0.717) is 6.42 Å². The number of hydrogen-bond donors (Lipinski definition) is 0. The van der Waals surface area contributed by atoms with Crippen LogP contribution in [0.25, 0.3) is 0 Å². The molecule has 0 saturated heterocycles. The maximum atomic E-state index is 11.2. The summed E-state index contributed by atoms with van der Waals surface area (Å²) in [5.41, 5.74) is 0.767. The molecule has 0 unspecified atom stereocenters. The lowest BCUT2D eigenvalue weighted by molar-refractivity contribution is 0.0994. The van der Waals surface area contributed by atoms with E-state index in [0.717, 1.165) is 5.56 Å². The summed E-state index contributed by atoms with van der Waals surface area (Å²) < 4.78 is 0. The molecule has 0 aliphatic rings. The van der Waals surface area contributed by atoms with Gasteiger partial charge in [-0.25, -0.2) is 0 Å². The predicted molar refractivity (Wildman–Crippen MR) is 48.6 cm³/mol. The average Bonchev–Trinajstić information content (AvgIpc) is 2.07. The monoisotopic (exact) mass is 211 g/mol. The Morgan fingerprint density at radius 1 is 1.36 bits per heavy atom. The highest BCUT2D eigenvalue weighted by atomic mass is 79.9. The van der Waals surface area contributed by atoms with Gasteiger partial charge >= 0.3 is 0 Å². The van der Waals surface area contributed by atoms with Crippen LogP contribution in [-0.4, -0.2) is 5.78 Å². The maximum Gasteiger partial charge on any atom is 0.164 e. The van der Waals surface area contributed by atoms with Gasteiger partial charge in [-0.2, -0.15) is 0 Å². The Balaban J connectivity index is 2.69. The SMILES string of the molecule is O=C(C[CH]Br)c1ccccc1. The van der Waals surface area contributed by atoms with Crippen LogP contribution in [0.1, 0.15) is 16.8 Å². The zero-order valence-electron chi connectivity index (χ0n) is 5.96. The number of carbonyl (C=O) groups is 1. The van der Waals surface area contributed by atoms with Gasteiger partial charge in [-0.15, -0.1) is 0 Å². The van der Waals surface area contributed by atoms with E-state index in [1.165, 1.54) is 0 Å². The molecule has 0 bridgehead atoms. The summed E-state index contributed by atoms with van der Waals surface area (Å²) in [4.78, 5) is 11.2. The van der Waals surface area contributed by atoms with Gasteiger partial charge in [0.05, 0.1) is 0 Å². The number of ketones is 1. The van der Waals surface area contributed by atoms with Crippen LogP contribution in [0.3, 0.4) is 0 Å². The van der Waals surface area contributed by atoms with Crippen molar-refractivity contribution >= 4 is 21.7 Å². The van der Waals surface area contributed by atoms with E-state index in [4.69, 9.17) is 0 Å². The molecule has 0 heterocycles. The smallest absolute Gasteiger partial charge is 0.164 e. The minimum absolute atomic E-state index is 0.141. The van der Waals surface area contributed by atoms with Crippen LogP contribution in [0.2, 0.25) is 0 Å². The molecule has 0 aromatic heterocycles. The quantitative estimate of drug-likeness (QED) is 0.704. The Kier molecular flexibility index (Phi) is 3.30. The summed E-state index contributed by atoms with van der Waals surface area (Å²) in [6.45, 7) is 0. The Morgan fingerprint density at radius 2 is 2.00 bits per heavy atom. The van der Waals surface area contributed by atoms with Crippen molar-refractivity contribution in [2.45, 2.75) is 6.42 Å². The van der Waals surface area contributed by atoms with Crippen molar-refractivity contribution < 1.29 is 4.79 Å². The third-order valence-corrected chi connectivity index (χ3v) is 1.68. The lowest BCUT2D eigenvalue weighted by Gasteiger charge is -1.95. The zero-order valence-corrected chi connectivity index (χ0v) is 7.54. The Bertz CT molecular complexity index is 231. The Hall–Kier alpha value is -0.630. The molecule has 0 amide bonds. The van der Waals surface area contributed by atoms with Gasteiger partial charge in [0, 0.05) is 17.3 Å². The number of halogens is 1. The van der Waals surface area contributed by atoms with Gasteiger partial charge in [0.15, 0.2) is 5.78 Å². The molecular weight excluding hydrogens is 204 g/mol. The normalized spacial score (nSPS) is 9.55. The summed E-state index contributed by atoms with van der Waals surface area (Å²) in [7, 11) is 0. The Morgan fingerprint density at radius 3 is 2.55 bits per heavy atom. The molecule has 1 aromatic rings. The van der Waals surface area contributed by atoms with Crippen LogP contribution in [0.5, 0.6) is 0 Å². The maximum absolute atomic E-state index is 11.2. The molecule has 0 spiro atoms. The summed E-state index contributed by atoms with van der Waals surface area (Å²) in [6, 6.07) is 9.26. The predicted octanol–water partition coefficient (Wildman–Crippen LogP) is 2.82. The first kappa shape index (κ1) is 8.47. The molecule has 1 rings (SSSR count). The average molecular weight is 212 g/mol. The second-order valence-electron chi connectivity index (χ2n) is 2.15. The van der Waals surface area contributed by atoms with Crippen LogP contribution < -0.4 is 0 Å².